The molecule has 1 aliphatic rings. The van der Waals surface area contributed by atoms with Gasteiger partial charge in [-0.15, -0.1) is 0 Å². The zero-order valence-electron chi connectivity index (χ0n) is 10.4. The molecule has 98 valence electrons. The smallest absolute Gasteiger partial charge is 0.173 e. The predicted octanol–water partition coefficient (Wildman–Crippen LogP) is 0.791. The molecule has 6 nitrogen and oxygen atoms in total. The number of anilines is 1. The third-order valence-electron chi connectivity index (χ3n) is 3.14. The molecule has 1 saturated heterocycles. The maximum Gasteiger partial charge on any atom is 0.173 e. The van der Waals surface area contributed by atoms with E-state index in [9.17, 15) is 0 Å². The average molecular weight is 250 g/mol. The van der Waals surface area contributed by atoms with E-state index in [2.05, 4.69) is 22.0 Å². The van der Waals surface area contributed by atoms with Gasteiger partial charge in [0.15, 0.2) is 5.84 Å². The number of nitrogens with zero attached hydrogens (tertiary/aromatic N) is 3. The van der Waals surface area contributed by atoms with E-state index in [-0.39, 0.29) is 11.9 Å². The first-order valence-electron chi connectivity index (χ1n) is 6.05. The Morgan fingerprint density at radius 3 is 3.28 bits per heavy atom. The summed E-state index contributed by atoms with van der Waals surface area (Å²) < 4.78 is 5.47. The van der Waals surface area contributed by atoms with Crippen LogP contribution in [0, 0.1) is 0 Å². The molecule has 0 radical (unpaired) electrons. The van der Waals surface area contributed by atoms with Crippen LogP contribution in [0.25, 0.3) is 0 Å². The number of hydrogen-bond donors (Lipinski definition) is 2. The van der Waals surface area contributed by atoms with Crippen LogP contribution in [0.4, 0.5) is 5.82 Å². The minimum absolute atomic E-state index is 0.0828. The van der Waals surface area contributed by atoms with Crippen LogP contribution >= 0.6 is 0 Å². The number of amidine groups is 1. The van der Waals surface area contributed by atoms with E-state index in [1.54, 1.807) is 18.3 Å². The number of aromatic nitrogens is 1. The highest BCUT2D eigenvalue weighted by molar-refractivity contribution is 6.01. The fraction of sp³-hybridized carbons (Fsp3) is 0.500. The summed E-state index contributed by atoms with van der Waals surface area (Å²) in [6.07, 6.45) is 2.68. The quantitative estimate of drug-likeness (QED) is 0.358. The first-order valence-corrected chi connectivity index (χ1v) is 6.05. The molecule has 18 heavy (non-hydrogen) atoms. The predicted molar refractivity (Wildman–Crippen MR) is 69.0 cm³/mol. The molecule has 1 aromatic heterocycles. The zero-order chi connectivity index (χ0) is 13.0. The van der Waals surface area contributed by atoms with E-state index < -0.39 is 0 Å². The summed E-state index contributed by atoms with van der Waals surface area (Å²) in [4.78, 5) is 6.53. The molecule has 6 heteroatoms. The lowest BCUT2D eigenvalue weighted by Crippen LogP contribution is -2.46. The molecular weight excluding hydrogens is 232 g/mol. The third kappa shape index (κ3) is 2.38. The summed E-state index contributed by atoms with van der Waals surface area (Å²) in [6.45, 7) is 4.23. The standard InChI is InChI=1S/C12H18N4O2/c1-2-9-8-18-7-6-16(9)12-10(11(13)15-17)4-3-5-14-12/h3-5,9,17H,2,6-8H2,1H3,(H2,13,15). The summed E-state index contributed by atoms with van der Waals surface area (Å²) in [5, 5.41) is 11.9. The molecule has 3 N–H and O–H groups in total. The Hall–Kier alpha value is -1.82. The number of morpholine rings is 1. The molecule has 0 bridgehead atoms. The van der Waals surface area contributed by atoms with Gasteiger partial charge >= 0.3 is 0 Å². The number of nitrogens with two attached hydrogens (primary N) is 1. The van der Waals surface area contributed by atoms with Gasteiger partial charge in [0, 0.05) is 12.7 Å². The second-order valence-electron chi connectivity index (χ2n) is 4.19. The molecule has 1 atom stereocenters. The van der Waals surface area contributed by atoms with Crippen molar-refractivity contribution in [2.45, 2.75) is 19.4 Å². The monoisotopic (exact) mass is 250 g/mol. The number of ether oxygens (including phenoxy) is 1. The normalized spacial score (nSPS) is 21.1. The number of rotatable bonds is 3. The van der Waals surface area contributed by atoms with E-state index in [4.69, 9.17) is 15.7 Å². The fourth-order valence-electron chi connectivity index (χ4n) is 2.15. The second-order valence-corrected chi connectivity index (χ2v) is 4.19. The Morgan fingerprint density at radius 2 is 2.56 bits per heavy atom. The summed E-state index contributed by atoms with van der Waals surface area (Å²) in [7, 11) is 0. The molecule has 0 aliphatic carbocycles. The minimum Gasteiger partial charge on any atom is -0.409 e. The lowest BCUT2D eigenvalue weighted by molar-refractivity contribution is 0.0925. The molecule has 1 aliphatic heterocycles. The third-order valence-corrected chi connectivity index (χ3v) is 3.14. The number of pyridine rings is 1. The van der Waals surface area contributed by atoms with Crippen molar-refractivity contribution in [1.82, 2.24) is 4.98 Å². The Labute approximate surface area is 106 Å². The fourth-order valence-corrected chi connectivity index (χ4v) is 2.15. The first-order chi connectivity index (χ1) is 8.77. The Kier molecular flexibility index (Phi) is 3.99. The average Bonchev–Trinajstić information content (AvgIpc) is 2.46. The largest absolute Gasteiger partial charge is 0.409 e. The van der Waals surface area contributed by atoms with Crippen molar-refractivity contribution in [3.63, 3.8) is 0 Å². The molecule has 0 spiro atoms. The zero-order valence-corrected chi connectivity index (χ0v) is 10.4. The van der Waals surface area contributed by atoms with Crippen LogP contribution < -0.4 is 10.6 Å². The summed E-state index contributed by atoms with van der Waals surface area (Å²) in [5.41, 5.74) is 6.34. The highest BCUT2D eigenvalue weighted by Crippen LogP contribution is 2.22. The van der Waals surface area contributed by atoms with Gasteiger partial charge < -0.3 is 20.6 Å². The maximum absolute atomic E-state index is 8.83. The summed E-state index contributed by atoms with van der Waals surface area (Å²) in [5.74, 6) is 0.836. The van der Waals surface area contributed by atoms with Gasteiger partial charge in [0.1, 0.15) is 5.82 Å². The van der Waals surface area contributed by atoms with E-state index in [0.717, 1.165) is 18.8 Å². The van der Waals surface area contributed by atoms with Gasteiger partial charge in [-0.25, -0.2) is 4.98 Å². The Bertz CT molecular complexity index is 436. The van der Waals surface area contributed by atoms with Crippen LogP contribution in [0.5, 0.6) is 0 Å². The van der Waals surface area contributed by atoms with Gasteiger partial charge in [-0.1, -0.05) is 12.1 Å². The molecule has 0 aromatic carbocycles. The highest BCUT2D eigenvalue weighted by Gasteiger charge is 2.25. The summed E-state index contributed by atoms with van der Waals surface area (Å²) >= 11 is 0. The topological polar surface area (TPSA) is 84.0 Å². The van der Waals surface area contributed by atoms with Crippen molar-refractivity contribution in [3.05, 3.63) is 23.9 Å². The summed E-state index contributed by atoms with van der Waals surface area (Å²) in [6, 6.07) is 3.86. The molecule has 1 aromatic rings. The number of oxime groups is 1. The molecule has 1 unspecified atom stereocenters. The highest BCUT2D eigenvalue weighted by atomic mass is 16.5. The van der Waals surface area contributed by atoms with Crippen LogP contribution in [0.3, 0.4) is 0 Å². The van der Waals surface area contributed by atoms with Gasteiger partial charge in [-0.3, -0.25) is 0 Å². The molecule has 1 fully saturated rings. The van der Waals surface area contributed by atoms with Crippen molar-refractivity contribution < 1.29 is 9.94 Å². The van der Waals surface area contributed by atoms with Crippen LogP contribution in [0.2, 0.25) is 0 Å². The number of hydrogen-bond acceptors (Lipinski definition) is 5. The second kappa shape index (κ2) is 5.68. The molecule has 2 rings (SSSR count). The Morgan fingerprint density at radius 1 is 1.72 bits per heavy atom. The van der Waals surface area contributed by atoms with E-state index in [1.165, 1.54) is 0 Å². The van der Waals surface area contributed by atoms with Gasteiger partial charge in [0.2, 0.25) is 0 Å². The molecule has 0 saturated carbocycles. The van der Waals surface area contributed by atoms with Gasteiger partial charge in [-0.05, 0) is 18.6 Å². The van der Waals surface area contributed by atoms with Gasteiger partial charge in [-0.2, -0.15) is 0 Å². The van der Waals surface area contributed by atoms with Crippen molar-refractivity contribution in [3.8, 4) is 0 Å². The SMILES string of the molecule is CCC1COCCN1c1ncccc1/C(N)=N/O. The molecular formula is C12H18N4O2. The van der Waals surface area contributed by atoms with Crippen LogP contribution in [-0.2, 0) is 4.74 Å². The lowest BCUT2D eigenvalue weighted by atomic mass is 10.1. The van der Waals surface area contributed by atoms with Crippen molar-refractivity contribution in [2.75, 3.05) is 24.7 Å². The van der Waals surface area contributed by atoms with E-state index in [0.29, 0.717) is 18.8 Å². The van der Waals surface area contributed by atoms with Crippen LogP contribution in [-0.4, -0.2) is 41.8 Å². The Balaban J connectivity index is 2.37. The minimum atomic E-state index is 0.0828. The lowest BCUT2D eigenvalue weighted by Gasteiger charge is -2.36. The first kappa shape index (κ1) is 12.6. The maximum atomic E-state index is 8.83. The van der Waals surface area contributed by atoms with E-state index >= 15 is 0 Å². The van der Waals surface area contributed by atoms with Gasteiger partial charge in [0.25, 0.3) is 0 Å². The van der Waals surface area contributed by atoms with Crippen LogP contribution in [0.1, 0.15) is 18.9 Å². The van der Waals surface area contributed by atoms with Crippen molar-refractivity contribution >= 4 is 11.7 Å². The van der Waals surface area contributed by atoms with Crippen LogP contribution in [0.15, 0.2) is 23.5 Å². The van der Waals surface area contributed by atoms with Crippen molar-refractivity contribution in [1.29, 1.82) is 0 Å². The van der Waals surface area contributed by atoms with E-state index in [1.807, 2.05) is 0 Å². The van der Waals surface area contributed by atoms with Crippen molar-refractivity contribution in [2.24, 2.45) is 10.9 Å². The molecule has 0 amide bonds. The van der Waals surface area contributed by atoms with Gasteiger partial charge in [0.05, 0.1) is 24.8 Å². The molecule has 2 heterocycles.